The molecule has 0 unspecified atom stereocenters. The molecule has 1 heterocycles. The lowest BCUT2D eigenvalue weighted by Crippen LogP contribution is -2.29. The van der Waals surface area contributed by atoms with E-state index in [0.29, 0.717) is 30.1 Å². The Morgan fingerprint density at radius 2 is 2.32 bits per heavy atom. The molecule has 1 N–H and O–H groups in total. The molecule has 1 aromatic heterocycles. The van der Waals surface area contributed by atoms with E-state index in [-0.39, 0.29) is 5.91 Å². The van der Waals surface area contributed by atoms with Crippen LogP contribution in [0, 0.1) is 0 Å². The maximum Gasteiger partial charge on any atom is 0.252 e. The minimum absolute atomic E-state index is 0.0955. The summed E-state index contributed by atoms with van der Waals surface area (Å²) >= 11 is 1.19. The van der Waals surface area contributed by atoms with Crippen molar-refractivity contribution in [3.05, 3.63) is 30.2 Å². The van der Waals surface area contributed by atoms with Crippen LogP contribution in [0.15, 0.2) is 34.4 Å². The van der Waals surface area contributed by atoms with Gasteiger partial charge in [0.1, 0.15) is 4.21 Å². The Balaban J connectivity index is 2.41. The van der Waals surface area contributed by atoms with E-state index in [9.17, 15) is 13.2 Å². The van der Waals surface area contributed by atoms with Crippen molar-refractivity contribution in [2.75, 3.05) is 20.1 Å². The smallest absolute Gasteiger partial charge is 0.252 e. The van der Waals surface area contributed by atoms with Gasteiger partial charge in [-0.2, -0.15) is 0 Å². The fourth-order valence-electron chi connectivity index (χ4n) is 1.42. The normalized spacial score (nSPS) is 11.5. The highest BCUT2D eigenvalue weighted by Gasteiger charge is 2.21. The van der Waals surface area contributed by atoms with Crippen LogP contribution in [-0.2, 0) is 14.8 Å². The van der Waals surface area contributed by atoms with Gasteiger partial charge in [-0.3, -0.25) is 4.79 Å². The van der Waals surface area contributed by atoms with Crippen LogP contribution < -0.4 is 5.32 Å². The molecule has 0 aromatic carbocycles. The number of sulfonamides is 1. The van der Waals surface area contributed by atoms with Gasteiger partial charge in [-0.15, -0.1) is 17.9 Å². The van der Waals surface area contributed by atoms with Crippen LogP contribution >= 0.6 is 11.3 Å². The lowest BCUT2D eigenvalue weighted by molar-refractivity contribution is -0.121. The Kier molecular flexibility index (Phi) is 6.20. The van der Waals surface area contributed by atoms with Crippen molar-refractivity contribution < 1.29 is 13.2 Å². The number of carbonyl (C=O) groups excluding carboxylic acids is 1. The van der Waals surface area contributed by atoms with E-state index >= 15 is 0 Å². The largest absolute Gasteiger partial charge is 0.353 e. The molecule has 0 aliphatic carbocycles. The molecule has 0 atom stereocenters. The summed E-state index contributed by atoms with van der Waals surface area (Å²) in [5.74, 6) is -0.0955. The summed E-state index contributed by atoms with van der Waals surface area (Å²) in [5, 5.41) is 4.38. The number of hydrogen-bond acceptors (Lipinski definition) is 4. The third-order valence-corrected chi connectivity index (χ3v) is 5.71. The van der Waals surface area contributed by atoms with Gasteiger partial charge < -0.3 is 5.32 Å². The molecule has 0 aliphatic rings. The molecule has 0 saturated carbocycles. The topological polar surface area (TPSA) is 66.5 Å². The standard InChI is InChI=1S/C12H18N2O3S2/c1-3-8-13-11(15)6-4-9-14(2)19(16,17)12-7-5-10-18-12/h3,5,7,10H,1,4,6,8-9H2,2H3,(H,13,15). The van der Waals surface area contributed by atoms with Crippen LogP contribution in [0.5, 0.6) is 0 Å². The first-order chi connectivity index (χ1) is 8.98. The van der Waals surface area contributed by atoms with Gasteiger partial charge in [-0.05, 0) is 17.9 Å². The van der Waals surface area contributed by atoms with Crippen molar-refractivity contribution >= 4 is 27.3 Å². The van der Waals surface area contributed by atoms with Gasteiger partial charge in [0.15, 0.2) is 0 Å². The number of carbonyl (C=O) groups is 1. The zero-order valence-electron chi connectivity index (χ0n) is 10.8. The van der Waals surface area contributed by atoms with E-state index in [1.807, 2.05) is 0 Å². The fourth-order valence-corrected chi connectivity index (χ4v) is 3.83. The zero-order valence-corrected chi connectivity index (χ0v) is 12.5. The molecular formula is C12H18N2O3S2. The van der Waals surface area contributed by atoms with Crippen LogP contribution in [-0.4, -0.2) is 38.8 Å². The number of nitrogens with one attached hydrogen (secondary N) is 1. The molecule has 0 saturated heterocycles. The quantitative estimate of drug-likeness (QED) is 0.739. The van der Waals surface area contributed by atoms with Gasteiger partial charge >= 0.3 is 0 Å². The van der Waals surface area contributed by atoms with Crippen molar-refractivity contribution in [3.8, 4) is 0 Å². The third-order valence-electron chi connectivity index (χ3n) is 2.48. The summed E-state index contributed by atoms with van der Waals surface area (Å²) in [6.45, 7) is 4.25. The molecule has 0 spiro atoms. The maximum absolute atomic E-state index is 12.1. The molecule has 1 aromatic rings. The highest BCUT2D eigenvalue weighted by Crippen LogP contribution is 2.19. The van der Waals surface area contributed by atoms with Gasteiger partial charge in [-0.1, -0.05) is 12.1 Å². The van der Waals surface area contributed by atoms with Crippen LogP contribution in [0.3, 0.4) is 0 Å². The second-order valence-electron chi connectivity index (χ2n) is 3.95. The summed E-state index contributed by atoms with van der Waals surface area (Å²) in [5.41, 5.74) is 0. The molecule has 5 nitrogen and oxygen atoms in total. The van der Waals surface area contributed by atoms with Gasteiger partial charge in [-0.25, -0.2) is 12.7 Å². The molecule has 1 amide bonds. The second-order valence-corrected chi connectivity index (χ2v) is 7.17. The number of thiophene rings is 1. The van der Waals surface area contributed by atoms with Crippen molar-refractivity contribution in [2.24, 2.45) is 0 Å². The van der Waals surface area contributed by atoms with E-state index in [2.05, 4.69) is 11.9 Å². The molecule has 0 bridgehead atoms. The van der Waals surface area contributed by atoms with E-state index in [0.717, 1.165) is 0 Å². The number of amides is 1. The van der Waals surface area contributed by atoms with Gasteiger partial charge in [0.05, 0.1) is 0 Å². The molecule has 0 fully saturated rings. The van der Waals surface area contributed by atoms with Crippen LogP contribution in [0.2, 0.25) is 0 Å². The molecule has 7 heteroatoms. The summed E-state index contributed by atoms with van der Waals surface area (Å²) in [6, 6.07) is 3.28. The number of hydrogen-bond donors (Lipinski definition) is 1. The Bertz CT molecular complexity index is 509. The fraction of sp³-hybridized carbons (Fsp3) is 0.417. The van der Waals surface area contributed by atoms with E-state index < -0.39 is 10.0 Å². The molecule has 0 aliphatic heterocycles. The Labute approximate surface area is 118 Å². The minimum atomic E-state index is -3.41. The van der Waals surface area contributed by atoms with Crippen molar-refractivity contribution in [2.45, 2.75) is 17.1 Å². The van der Waals surface area contributed by atoms with Crippen LogP contribution in [0.25, 0.3) is 0 Å². The van der Waals surface area contributed by atoms with Crippen LogP contribution in [0.4, 0.5) is 0 Å². The minimum Gasteiger partial charge on any atom is -0.353 e. The van der Waals surface area contributed by atoms with Gasteiger partial charge in [0.25, 0.3) is 10.0 Å². The Morgan fingerprint density at radius 1 is 1.58 bits per heavy atom. The molecule has 0 radical (unpaired) electrons. The predicted molar refractivity (Wildman–Crippen MR) is 76.6 cm³/mol. The van der Waals surface area contributed by atoms with Crippen LogP contribution in [0.1, 0.15) is 12.8 Å². The average Bonchev–Trinajstić information content (AvgIpc) is 2.90. The molecule has 1 rings (SSSR count). The molecular weight excluding hydrogens is 284 g/mol. The average molecular weight is 302 g/mol. The second kappa shape index (κ2) is 7.42. The third kappa shape index (κ3) is 4.77. The summed E-state index contributed by atoms with van der Waals surface area (Å²) < 4.78 is 25.7. The molecule has 19 heavy (non-hydrogen) atoms. The van der Waals surface area contributed by atoms with Crippen molar-refractivity contribution in [3.63, 3.8) is 0 Å². The first-order valence-corrected chi connectivity index (χ1v) is 8.18. The van der Waals surface area contributed by atoms with Gasteiger partial charge in [0.2, 0.25) is 5.91 Å². The van der Waals surface area contributed by atoms with E-state index in [1.165, 1.54) is 22.7 Å². The first kappa shape index (κ1) is 15.9. The first-order valence-electron chi connectivity index (χ1n) is 5.86. The maximum atomic E-state index is 12.1. The lowest BCUT2D eigenvalue weighted by Gasteiger charge is -2.15. The van der Waals surface area contributed by atoms with E-state index in [4.69, 9.17) is 0 Å². The summed E-state index contributed by atoms with van der Waals surface area (Å²) in [6.07, 6.45) is 2.40. The van der Waals surface area contributed by atoms with Crippen molar-refractivity contribution in [1.82, 2.24) is 9.62 Å². The zero-order chi connectivity index (χ0) is 14.3. The highest BCUT2D eigenvalue weighted by atomic mass is 32.2. The monoisotopic (exact) mass is 302 g/mol. The lowest BCUT2D eigenvalue weighted by atomic mass is 10.3. The van der Waals surface area contributed by atoms with E-state index in [1.54, 1.807) is 23.6 Å². The van der Waals surface area contributed by atoms with Gasteiger partial charge in [0, 0.05) is 26.6 Å². The predicted octanol–water partition coefficient (Wildman–Crippen LogP) is 1.45. The number of nitrogens with zero attached hydrogens (tertiary/aromatic N) is 1. The highest BCUT2D eigenvalue weighted by molar-refractivity contribution is 7.91. The molecule has 106 valence electrons. The summed E-state index contributed by atoms with van der Waals surface area (Å²) in [7, 11) is -1.88. The van der Waals surface area contributed by atoms with Crippen molar-refractivity contribution in [1.29, 1.82) is 0 Å². The SMILES string of the molecule is C=CCNC(=O)CCCN(C)S(=O)(=O)c1cccs1. The summed E-state index contributed by atoms with van der Waals surface area (Å²) in [4.78, 5) is 11.3. The Hall–Kier alpha value is -1.18. The Morgan fingerprint density at radius 3 is 2.89 bits per heavy atom. The number of rotatable bonds is 8.